The van der Waals surface area contributed by atoms with Gasteiger partial charge >= 0.3 is 5.97 Å². The van der Waals surface area contributed by atoms with Crippen molar-refractivity contribution in [2.75, 3.05) is 19.8 Å². The number of carbonyl (C=O) groups is 1. The normalized spacial score (nSPS) is 26.4. The second kappa shape index (κ2) is 6.53. The third kappa shape index (κ3) is 3.69. The molecule has 0 aromatic carbocycles. The topological polar surface area (TPSA) is 47.6 Å². The van der Waals surface area contributed by atoms with E-state index >= 15 is 0 Å². The summed E-state index contributed by atoms with van der Waals surface area (Å²) in [5.74, 6) is -0.104. The Bertz CT molecular complexity index is 274. The third-order valence-electron chi connectivity index (χ3n) is 4.08. The largest absolute Gasteiger partial charge is 0.466 e. The standard InChI is InChI=1S/C14H25NO3/c1-2-17-13(16)5-9-15-12-6-10-18-14(11-12)7-3-4-8-14/h12,15H,2-11H2,1H3. The summed E-state index contributed by atoms with van der Waals surface area (Å²) >= 11 is 0. The highest BCUT2D eigenvalue weighted by molar-refractivity contribution is 5.69. The monoisotopic (exact) mass is 255 g/mol. The lowest BCUT2D eigenvalue weighted by atomic mass is 9.89. The maximum atomic E-state index is 11.2. The van der Waals surface area contributed by atoms with Crippen LogP contribution in [0.3, 0.4) is 0 Å². The van der Waals surface area contributed by atoms with E-state index in [0.29, 0.717) is 19.1 Å². The lowest BCUT2D eigenvalue weighted by Crippen LogP contribution is -2.46. The molecule has 1 aliphatic carbocycles. The molecule has 1 aliphatic heterocycles. The Morgan fingerprint density at radius 3 is 2.94 bits per heavy atom. The summed E-state index contributed by atoms with van der Waals surface area (Å²) in [5.41, 5.74) is 0.153. The van der Waals surface area contributed by atoms with E-state index in [1.807, 2.05) is 6.92 Å². The van der Waals surface area contributed by atoms with Crippen LogP contribution in [0, 0.1) is 0 Å². The van der Waals surface area contributed by atoms with Crippen LogP contribution in [0.1, 0.15) is 51.9 Å². The van der Waals surface area contributed by atoms with Gasteiger partial charge in [0.2, 0.25) is 0 Å². The van der Waals surface area contributed by atoms with Gasteiger partial charge in [0.05, 0.1) is 18.6 Å². The molecule has 0 aromatic heterocycles. The fourth-order valence-corrected chi connectivity index (χ4v) is 3.18. The first-order chi connectivity index (χ1) is 8.74. The van der Waals surface area contributed by atoms with Crippen molar-refractivity contribution in [3.05, 3.63) is 0 Å². The minimum absolute atomic E-state index is 0.104. The molecule has 0 radical (unpaired) electrons. The number of ether oxygens (including phenoxy) is 2. The van der Waals surface area contributed by atoms with Gasteiger partial charge in [-0.3, -0.25) is 4.79 Å². The predicted octanol–water partition coefficient (Wildman–Crippen LogP) is 2.02. The molecule has 2 rings (SSSR count). The van der Waals surface area contributed by atoms with E-state index in [2.05, 4.69) is 5.32 Å². The summed E-state index contributed by atoms with van der Waals surface area (Å²) in [5, 5.41) is 3.48. The average molecular weight is 255 g/mol. The van der Waals surface area contributed by atoms with Gasteiger partial charge in [-0.25, -0.2) is 0 Å². The first-order valence-electron chi connectivity index (χ1n) is 7.27. The first-order valence-corrected chi connectivity index (χ1v) is 7.27. The SMILES string of the molecule is CCOC(=O)CCNC1CCOC2(CCCC2)C1. The Labute approximate surface area is 109 Å². The lowest BCUT2D eigenvalue weighted by molar-refractivity contribution is -0.143. The van der Waals surface area contributed by atoms with E-state index in [-0.39, 0.29) is 11.6 Å². The van der Waals surface area contributed by atoms with Crippen molar-refractivity contribution in [3.63, 3.8) is 0 Å². The van der Waals surface area contributed by atoms with Crippen LogP contribution in [0.2, 0.25) is 0 Å². The van der Waals surface area contributed by atoms with Gasteiger partial charge in [0.15, 0.2) is 0 Å². The van der Waals surface area contributed by atoms with E-state index in [0.717, 1.165) is 26.0 Å². The molecule has 1 saturated carbocycles. The molecular formula is C14H25NO3. The Hall–Kier alpha value is -0.610. The summed E-state index contributed by atoms with van der Waals surface area (Å²) < 4.78 is 10.9. The summed E-state index contributed by atoms with van der Waals surface area (Å²) in [7, 11) is 0. The van der Waals surface area contributed by atoms with Crippen LogP contribution >= 0.6 is 0 Å². The molecule has 18 heavy (non-hydrogen) atoms. The molecule has 1 N–H and O–H groups in total. The van der Waals surface area contributed by atoms with Gasteiger partial charge in [-0.15, -0.1) is 0 Å². The van der Waals surface area contributed by atoms with E-state index in [1.165, 1.54) is 25.7 Å². The number of rotatable bonds is 5. The zero-order valence-corrected chi connectivity index (χ0v) is 11.4. The maximum absolute atomic E-state index is 11.2. The quantitative estimate of drug-likeness (QED) is 0.764. The minimum Gasteiger partial charge on any atom is -0.466 e. The molecule has 4 nitrogen and oxygen atoms in total. The number of esters is 1. The van der Waals surface area contributed by atoms with Crippen molar-refractivity contribution in [1.82, 2.24) is 5.32 Å². The smallest absolute Gasteiger partial charge is 0.307 e. The van der Waals surface area contributed by atoms with Gasteiger partial charge in [-0.05, 0) is 32.6 Å². The number of hydrogen-bond acceptors (Lipinski definition) is 4. The Morgan fingerprint density at radius 2 is 2.22 bits per heavy atom. The molecule has 104 valence electrons. The van der Waals surface area contributed by atoms with Gasteiger partial charge in [-0.2, -0.15) is 0 Å². The van der Waals surface area contributed by atoms with Crippen LogP contribution in [0.15, 0.2) is 0 Å². The van der Waals surface area contributed by atoms with Gasteiger partial charge in [0.1, 0.15) is 0 Å². The highest BCUT2D eigenvalue weighted by atomic mass is 16.5. The summed E-state index contributed by atoms with van der Waals surface area (Å²) in [4.78, 5) is 11.2. The molecule has 2 aliphatic rings. The van der Waals surface area contributed by atoms with Crippen LogP contribution in [0.4, 0.5) is 0 Å². The van der Waals surface area contributed by atoms with Gasteiger partial charge in [0, 0.05) is 19.2 Å². The van der Waals surface area contributed by atoms with Crippen LogP contribution in [0.5, 0.6) is 0 Å². The number of nitrogens with one attached hydrogen (secondary N) is 1. The molecule has 1 heterocycles. The van der Waals surface area contributed by atoms with E-state index in [4.69, 9.17) is 9.47 Å². The Balaban J connectivity index is 1.68. The molecule has 1 unspecified atom stereocenters. The molecule has 0 aromatic rings. The fraction of sp³-hybridized carbons (Fsp3) is 0.929. The minimum atomic E-state index is -0.104. The number of hydrogen-bond donors (Lipinski definition) is 1. The molecule has 1 spiro atoms. The van der Waals surface area contributed by atoms with E-state index in [1.54, 1.807) is 0 Å². The molecule has 4 heteroatoms. The zero-order valence-electron chi connectivity index (χ0n) is 11.4. The van der Waals surface area contributed by atoms with Gasteiger partial charge in [0.25, 0.3) is 0 Å². The van der Waals surface area contributed by atoms with Gasteiger partial charge in [-0.1, -0.05) is 12.8 Å². The lowest BCUT2D eigenvalue weighted by Gasteiger charge is -2.38. The molecule has 1 atom stereocenters. The second-order valence-corrected chi connectivity index (χ2v) is 5.44. The maximum Gasteiger partial charge on any atom is 0.307 e. The Morgan fingerprint density at radius 1 is 1.44 bits per heavy atom. The van der Waals surface area contributed by atoms with Gasteiger partial charge < -0.3 is 14.8 Å². The highest BCUT2D eigenvalue weighted by Gasteiger charge is 2.39. The van der Waals surface area contributed by atoms with Crippen molar-refractivity contribution in [1.29, 1.82) is 0 Å². The van der Waals surface area contributed by atoms with Crippen LogP contribution in [-0.4, -0.2) is 37.4 Å². The molecule has 2 fully saturated rings. The molecule has 1 saturated heterocycles. The van der Waals surface area contributed by atoms with E-state index in [9.17, 15) is 4.79 Å². The number of carbonyl (C=O) groups excluding carboxylic acids is 1. The van der Waals surface area contributed by atoms with Crippen molar-refractivity contribution in [2.45, 2.75) is 63.5 Å². The molecule has 0 bridgehead atoms. The van der Waals surface area contributed by atoms with Crippen molar-refractivity contribution < 1.29 is 14.3 Å². The fourth-order valence-electron chi connectivity index (χ4n) is 3.18. The van der Waals surface area contributed by atoms with Crippen molar-refractivity contribution in [3.8, 4) is 0 Å². The predicted molar refractivity (Wildman–Crippen MR) is 69.4 cm³/mol. The summed E-state index contributed by atoms with van der Waals surface area (Å²) in [6.07, 6.45) is 7.66. The molecule has 0 amide bonds. The summed E-state index contributed by atoms with van der Waals surface area (Å²) in [6, 6.07) is 0.506. The average Bonchev–Trinajstić information content (AvgIpc) is 2.78. The van der Waals surface area contributed by atoms with Crippen LogP contribution in [-0.2, 0) is 14.3 Å². The Kier molecular flexibility index (Phi) is 5.01. The third-order valence-corrected chi connectivity index (χ3v) is 4.08. The zero-order chi connectivity index (χ0) is 12.8. The van der Waals surface area contributed by atoms with Crippen molar-refractivity contribution in [2.24, 2.45) is 0 Å². The highest BCUT2D eigenvalue weighted by Crippen LogP contribution is 2.39. The van der Waals surface area contributed by atoms with Crippen molar-refractivity contribution >= 4 is 5.97 Å². The second-order valence-electron chi connectivity index (χ2n) is 5.44. The summed E-state index contributed by atoms with van der Waals surface area (Å²) in [6.45, 7) is 3.89. The van der Waals surface area contributed by atoms with E-state index < -0.39 is 0 Å². The van der Waals surface area contributed by atoms with Crippen LogP contribution in [0.25, 0.3) is 0 Å². The first kappa shape index (κ1) is 13.8. The van der Waals surface area contributed by atoms with Crippen LogP contribution < -0.4 is 5.32 Å². The molecular weight excluding hydrogens is 230 g/mol.